The fraction of sp³-hybridized carbons (Fsp3) is 0.745. The van der Waals surface area contributed by atoms with Gasteiger partial charge in [-0.3, -0.25) is 13.9 Å². The zero-order chi connectivity index (χ0) is 41.8. The molecule has 3 aromatic rings. The minimum Gasteiger partial charge on any atom is -0.370 e. The highest BCUT2D eigenvalue weighted by Crippen LogP contribution is 2.21. The molecule has 0 fully saturated rings. The molecule has 0 saturated heterocycles. The normalized spacial score (nSPS) is 18.9. The summed E-state index contributed by atoms with van der Waals surface area (Å²) < 4.78 is 3.28. The molecule has 0 unspecified atom stereocenters. The van der Waals surface area contributed by atoms with Crippen LogP contribution in [0.15, 0.2) is 38.1 Å². The van der Waals surface area contributed by atoms with Crippen molar-refractivity contribution in [2.75, 3.05) is 35.2 Å². The van der Waals surface area contributed by atoms with Crippen LogP contribution in [0.4, 0.5) is 11.6 Å². The zero-order valence-electron chi connectivity index (χ0n) is 37.2. The van der Waals surface area contributed by atoms with E-state index in [0.717, 1.165) is 95.7 Å². The van der Waals surface area contributed by atoms with Crippen LogP contribution in [0.1, 0.15) is 184 Å². The molecule has 12 heteroatoms. The Morgan fingerprint density at radius 2 is 0.797 bits per heavy atom. The molecule has 0 amide bonds. The molecule has 4 rings (SSSR count). The number of anilines is 2. The standard InChI is InChI=1S/C47H78N8O2S2/c1-39-36-42-48-30-24-18-12-6-4-5-7-13-19-25-31-49-43-37-40(2)51-46(53-43)59-35-29-23-17-11-9-15-21-27-33-55-44(56)38-41(3)54(47(55)57)32-26-20-14-8-10-16-22-28-34-58-45(50-39)52-42/h36-38H,4-35H2,1-3H3,(H,48,50,52)(H,49,51,53). The summed E-state index contributed by atoms with van der Waals surface area (Å²) in [5, 5.41) is 8.87. The lowest BCUT2D eigenvalue weighted by Crippen LogP contribution is -2.40. The molecule has 1 aliphatic heterocycles. The second kappa shape index (κ2) is 30.2. The predicted octanol–water partition coefficient (Wildman–Crippen LogP) is 12.1. The minimum atomic E-state index is -0.158. The van der Waals surface area contributed by atoms with E-state index in [0.29, 0.717) is 13.1 Å². The van der Waals surface area contributed by atoms with Gasteiger partial charge in [-0.1, -0.05) is 152 Å². The van der Waals surface area contributed by atoms with Gasteiger partial charge < -0.3 is 10.6 Å². The number of thioether (sulfide) groups is 2. The van der Waals surface area contributed by atoms with Crippen molar-refractivity contribution in [3.63, 3.8) is 0 Å². The van der Waals surface area contributed by atoms with Gasteiger partial charge in [-0.2, -0.15) is 0 Å². The molecule has 3 aromatic heterocycles. The Hall–Kier alpha value is -2.86. The van der Waals surface area contributed by atoms with Gasteiger partial charge in [0, 0.05) is 73.0 Å². The lowest BCUT2D eigenvalue weighted by Gasteiger charge is -2.13. The van der Waals surface area contributed by atoms with Crippen LogP contribution >= 0.6 is 23.5 Å². The minimum absolute atomic E-state index is 0.135. The number of rotatable bonds is 0. The van der Waals surface area contributed by atoms with Crippen LogP contribution in [0.25, 0.3) is 0 Å². The maximum atomic E-state index is 13.3. The van der Waals surface area contributed by atoms with Crippen LogP contribution in [-0.4, -0.2) is 53.7 Å². The van der Waals surface area contributed by atoms with Crippen molar-refractivity contribution >= 4 is 35.2 Å². The van der Waals surface area contributed by atoms with Gasteiger partial charge in [0.25, 0.3) is 5.56 Å². The van der Waals surface area contributed by atoms with Crippen molar-refractivity contribution in [3.8, 4) is 0 Å². The van der Waals surface area contributed by atoms with Gasteiger partial charge in [0.2, 0.25) is 0 Å². The largest absolute Gasteiger partial charge is 0.370 e. The molecule has 0 saturated carbocycles. The molecule has 4 heterocycles. The monoisotopic (exact) mass is 851 g/mol. The highest BCUT2D eigenvalue weighted by atomic mass is 32.2. The van der Waals surface area contributed by atoms with E-state index in [1.165, 1.54) is 139 Å². The number of aromatic nitrogens is 6. The van der Waals surface area contributed by atoms with Crippen molar-refractivity contribution in [2.45, 2.75) is 211 Å². The highest BCUT2D eigenvalue weighted by Gasteiger charge is 2.10. The molecule has 0 radical (unpaired) electrons. The Labute approximate surface area is 365 Å². The SMILES string of the molecule is Cc1cc2nc(n1)SCCCCCCCCCCn1c(C)cc(=O)n(c1=O)CCCCCCCCCCSc1nc(C)cc(n1)NCCCCCCCCCCCCN2. The summed E-state index contributed by atoms with van der Waals surface area (Å²) in [5.74, 6) is 4.02. The lowest BCUT2D eigenvalue weighted by atomic mass is 10.1. The van der Waals surface area contributed by atoms with Gasteiger partial charge in [-0.15, -0.1) is 0 Å². The summed E-state index contributed by atoms with van der Waals surface area (Å²) >= 11 is 3.55. The van der Waals surface area contributed by atoms with Gasteiger partial charge in [0.05, 0.1) is 0 Å². The molecule has 59 heavy (non-hydrogen) atoms. The fourth-order valence-corrected chi connectivity index (χ4v) is 9.69. The van der Waals surface area contributed by atoms with Gasteiger partial charge in [0.1, 0.15) is 11.6 Å². The first-order valence-corrected chi connectivity index (χ1v) is 25.6. The van der Waals surface area contributed by atoms with Crippen molar-refractivity contribution in [2.24, 2.45) is 0 Å². The van der Waals surface area contributed by atoms with E-state index >= 15 is 0 Å². The van der Waals surface area contributed by atoms with Gasteiger partial charge in [-0.05, 0) is 59.3 Å². The third-order valence-corrected chi connectivity index (χ3v) is 13.3. The van der Waals surface area contributed by atoms with Crippen molar-refractivity contribution in [3.05, 3.63) is 56.1 Å². The van der Waals surface area contributed by atoms with E-state index in [1.807, 2.05) is 11.5 Å². The van der Waals surface area contributed by atoms with Crippen LogP contribution < -0.4 is 21.9 Å². The molecule has 0 spiro atoms. The summed E-state index contributed by atoms with van der Waals surface area (Å²) in [6, 6.07) is 5.78. The fourth-order valence-electron chi connectivity index (χ4n) is 7.89. The summed E-state index contributed by atoms with van der Waals surface area (Å²) in [5.41, 5.74) is 2.54. The zero-order valence-corrected chi connectivity index (χ0v) is 38.8. The van der Waals surface area contributed by atoms with Crippen LogP contribution in [0.2, 0.25) is 0 Å². The number of fused-ring (bicyclic) bond motifs is 6. The van der Waals surface area contributed by atoms with Crippen molar-refractivity contribution in [1.29, 1.82) is 0 Å². The molecule has 330 valence electrons. The Balaban J connectivity index is 1.19. The van der Waals surface area contributed by atoms with E-state index in [-0.39, 0.29) is 11.2 Å². The second-order valence-electron chi connectivity index (χ2n) is 16.8. The summed E-state index contributed by atoms with van der Waals surface area (Å²) in [7, 11) is 0. The molecule has 0 aliphatic carbocycles. The maximum Gasteiger partial charge on any atom is 0.331 e. The highest BCUT2D eigenvalue weighted by molar-refractivity contribution is 7.99. The Morgan fingerprint density at radius 1 is 0.441 bits per heavy atom. The van der Waals surface area contributed by atoms with Crippen LogP contribution in [0, 0.1) is 20.8 Å². The molecule has 0 aromatic carbocycles. The average Bonchev–Trinajstić information content (AvgIpc) is 3.20. The Bertz CT molecular complexity index is 1710. The first-order valence-electron chi connectivity index (χ1n) is 23.6. The molecule has 6 bridgehead atoms. The van der Waals surface area contributed by atoms with Crippen LogP contribution in [0.5, 0.6) is 0 Å². The van der Waals surface area contributed by atoms with Crippen LogP contribution in [0.3, 0.4) is 0 Å². The average molecular weight is 851 g/mol. The van der Waals surface area contributed by atoms with E-state index in [1.54, 1.807) is 29.6 Å². The predicted molar refractivity (Wildman–Crippen MR) is 252 cm³/mol. The van der Waals surface area contributed by atoms with Crippen LogP contribution in [-0.2, 0) is 13.1 Å². The molecule has 0 atom stereocenters. The lowest BCUT2D eigenvalue weighted by molar-refractivity contribution is 0.480. The molecular weight excluding hydrogens is 773 g/mol. The maximum absolute atomic E-state index is 13.3. The van der Waals surface area contributed by atoms with Gasteiger partial charge in [-0.25, -0.2) is 24.7 Å². The van der Waals surface area contributed by atoms with Crippen molar-refractivity contribution in [1.82, 2.24) is 29.1 Å². The quantitative estimate of drug-likeness (QED) is 0.212. The number of nitrogens with one attached hydrogen (secondary N) is 2. The second-order valence-corrected chi connectivity index (χ2v) is 18.9. The molecule has 10 nitrogen and oxygen atoms in total. The third-order valence-electron chi connectivity index (χ3n) is 11.4. The first-order chi connectivity index (χ1) is 28.9. The molecule has 2 N–H and O–H groups in total. The smallest absolute Gasteiger partial charge is 0.331 e. The van der Waals surface area contributed by atoms with Gasteiger partial charge >= 0.3 is 5.69 Å². The Kier molecular flexibility index (Phi) is 25.0. The molecule has 1 aliphatic rings. The van der Waals surface area contributed by atoms with E-state index in [2.05, 4.69) is 46.6 Å². The number of hydrogen-bond donors (Lipinski definition) is 2. The van der Waals surface area contributed by atoms with Gasteiger partial charge in [0.15, 0.2) is 10.3 Å². The topological polar surface area (TPSA) is 120 Å². The number of nitrogens with zero attached hydrogens (tertiary/aromatic N) is 6. The summed E-state index contributed by atoms with van der Waals surface area (Å²) in [4.78, 5) is 45.0. The summed E-state index contributed by atoms with van der Waals surface area (Å²) in [6.07, 6.45) is 31.5. The van der Waals surface area contributed by atoms with E-state index < -0.39 is 0 Å². The van der Waals surface area contributed by atoms with E-state index in [9.17, 15) is 9.59 Å². The number of hydrogen-bond acceptors (Lipinski definition) is 10. The Morgan fingerprint density at radius 3 is 1.22 bits per heavy atom. The first kappa shape index (κ1) is 48.8. The van der Waals surface area contributed by atoms with E-state index in [4.69, 9.17) is 9.97 Å². The number of aryl methyl sites for hydroxylation is 3. The third kappa shape index (κ3) is 21.0. The molecular formula is C47H78N8O2S2. The summed E-state index contributed by atoms with van der Waals surface area (Å²) in [6.45, 7) is 9.15. The van der Waals surface area contributed by atoms with Crippen molar-refractivity contribution < 1.29 is 0 Å².